The van der Waals surface area contributed by atoms with Crippen molar-refractivity contribution < 1.29 is 23.6 Å². The molecule has 2 aromatic heterocycles. The Morgan fingerprint density at radius 2 is 2.17 bits per heavy atom. The van der Waals surface area contributed by atoms with E-state index >= 15 is 0 Å². The van der Waals surface area contributed by atoms with E-state index in [1.165, 1.54) is 23.5 Å². The zero-order valence-electron chi connectivity index (χ0n) is 16.3. The number of aryl methyl sites for hydroxylation is 1. The first-order valence-corrected chi connectivity index (χ1v) is 10.1. The second-order valence-corrected chi connectivity index (χ2v) is 7.69. The Hall–Kier alpha value is -3.33. The zero-order valence-corrected chi connectivity index (χ0v) is 17.1. The van der Waals surface area contributed by atoms with Gasteiger partial charge in [0.1, 0.15) is 5.82 Å². The summed E-state index contributed by atoms with van der Waals surface area (Å²) in [5.41, 5.74) is 3.06. The van der Waals surface area contributed by atoms with Crippen LogP contribution in [0.15, 0.2) is 47.1 Å². The van der Waals surface area contributed by atoms with Gasteiger partial charge in [-0.25, -0.2) is 14.2 Å². The Labute approximate surface area is 175 Å². The van der Waals surface area contributed by atoms with Crippen LogP contribution in [0, 0.1) is 19.7 Å². The molecule has 0 saturated heterocycles. The molecular weight excluding hydrogens is 409 g/mol. The predicted molar refractivity (Wildman–Crippen MR) is 109 cm³/mol. The van der Waals surface area contributed by atoms with Crippen molar-refractivity contribution in [2.75, 3.05) is 6.61 Å². The summed E-state index contributed by atoms with van der Waals surface area (Å²) in [5, 5.41) is 6.47. The second-order valence-electron chi connectivity index (χ2n) is 6.81. The van der Waals surface area contributed by atoms with Crippen molar-refractivity contribution in [3.8, 4) is 5.13 Å². The van der Waals surface area contributed by atoms with Crippen LogP contribution in [0.5, 0.6) is 0 Å². The van der Waals surface area contributed by atoms with Crippen molar-refractivity contribution in [2.45, 2.75) is 26.4 Å². The van der Waals surface area contributed by atoms with Gasteiger partial charge >= 0.3 is 5.97 Å². The third-order valence-electron chi connectivity index (χ3n) is 4.78. The lowest BCUT2D eigenvalue weighted by Crippen LogP contribution is -2.26. The van der Waals surface area contributed by atoms with E-state index in [0.29, 0.717) is 16.8 Å². The first-order chi connectivity index (χ1) is 14.4. The number of esters is 1. The Bertz CT molecular complexity index is 1140. The van der Waals surface area contributed by atoms with Crippen LogP contribution < -0.4 is 0 Å². The fraction of sp³-hybridized carbons (Fsp3) is 0.238. The number of aromatic nitrogens is 2. The molecule has 9 heteroatoms. The van der Waals surface area contributed by atoms with Crippen LogP contribution in [-0.2, 0) is 14.4 Å². The van der Waals surface area contributed by atoms with Gasteiger partial charge in [-0.2, -0.15) is 0 Å². The summed E-state index contributed by atoms with van der Waals surface area (Å²) in [6.45, 7) is 3.30. The molecule has 3 heterocycles. The Kier molecular flexibility index (Phi) is 5.45. The lowest BCUT2D eigenvalue weighted by molar-refractivity contribution is -0.154. The minimum absolute atomic E-state index is 0.148. The van der Waals surface area contributed by atoms with Gasteiger partial charge in [-0.3, -0.25) is 9.36 Å². The topological polar surface area (TPSA) is 82.8 Å². The largest absolute Gasteiger partial charge is 0.454 e. The van der Waals surface area contributed by atoms with Crippen LogP contribution in [0.1, 0.15) is 33.7 Å². The average molecular weight is 427 g/mol. The number of hydrogen-bond acceptors (Lipinski definition) is 7. The zero-order chi connectivity index (χ0) is 21.3. The van der Waals surface area contributed by atoms with E-state index in [2.05, 4.69) is 10.1 Å². The number of rotatable bonds is 6. The molecule has 0 N–H and O–H groups in total. The molecule has 4 rings (SSSR count). The van der Waals surface area contributed by atoms with E-state index in [0.717, 1.165) is 16.5 Å². The number of oxime groups is 1. The van der Waals surface area contributed by atoms with Crippen LogP contribution in [-0.4, -0.2) is 39.7 Å². The molecule has 7 nitrogen and oxygen atoms in total. The summed E-state index contributed by atoms with van der Waals surface area (Å²) in [5.74, 6) is -1.40. The van der Waals surface area contributed by atoms with Crippen LogP contribution in [0.4, 0.5) is 4.39 Å². The van der Waals surface area contributed by atoms with Crippen molar-refractivity contribution in [3.63, 3.8) is 0 Å². The van der Waals surface area contributed by atoms with Crippen LogP contribution in [0.25, 0.3) is 5.13 Å². The van der Waals surface area contributed by atoms with Crippen molar-refractivity contribution in [1.29, 1.82) is 0 Å². The molecule has 0 radical (unpaired) electrons. The molecule has 0 amide bonds. The Balaban J connectivity index is 1.37. The number of benzene rings is 1. The molecule has 1 atom stereocenters. The fourth-order valence-corrected chi connectivity index (χ4v) is 4.07. The fourth-order valence-electron chi connectivity index (χ4n) is 3.32. The van der Waals surface area contributed by atoms with E-state index in [9.17, 15) is 14.0 Å². The Morgan fingerprint density at radius 1 is 1.33 bits per heavy atom. The summed E-state index contributed by atoms with van der Waals surface area (Å²) in [6.07, 6.45) is 0.887. The van der Waals surface area contributed by atoms with E-state index in [1.807, 2.05) is 23.8 Å². The van der Waals surface area contributed by atoms with Gasteiger partial charge in [0.2, 0.25) is 11.9 Å². The highest BCUT2D eigenvalue weighted by molar-refractivity contribution is 7.12. The molecule has 3 aromatic rings. The van der Waals surface area contributed by atoms with Crippen molar-refractivity contribution in [2.24, 2.45) is 5.16 Å². The first-order valence-electron chi connectivity index (χ1n) is 9.21. The number of carbonyl (C=O) groups excluding carboxylic acids is 2. The van der Waals surface area contributed by atoms with Crippen LogP contribution in [0.2, 0.25) is 0 Å². The number of ether oxygens (including phenoxy) is 1. The molecule has 0 spiro atoms. The van der Waals surface area contributed by atoms with Gasteiger partial charge in [-0.05, 0) is 32.0 Å². The van der Waals surface area contributed by atoms with Crippen molar-refractivity contribution >= 4 is 28.8 Å². The maximum absolute atomic E-state index is 13.4. The van der Waals surface area contributed by atoms with Gasteiger partial charge in [0.15, 0.2) is 11.7 Å². The minimum atomic E-state index is -0.959. The normalized spacial score (nSPS) is 15.6. The maximum Gasteiger partial charge on any atom is 0.351 e. The number of nitrogens with zero attached hydrogens (tertiary/aromatic N) is 3. The molecule has 0 bridgehead atoms. The summed E-state index contributed by atoms with van der Waals surface area (Å²) in [7, 11) is 0. The van der Waals surface area contributed by atoms with E-state index < -0.39 is 24.5 Å². The van der Waals surface area contributed by atoms with Gasteiger partial charge in [-0.15, -0.1) is 11.3 Å². The lowest BCUT2D eigenvalue weighted by Gasteiger charge is -2.09. The van der Waals surface area contributed by atoms with E-state index in [-0.39, 0.29) is 12.2 Å². The highest BCUT2D eigenvalue weighted by Gasteiger charge is 2.31. The summed E-state index contributed by atoms with van der Waals surface area (Å²) < 4.78 is 20.4. The number of Topliss-reactive ketones (excluding diaryl/α,β-unsaturated/α-hetero) is 1. The van der Waals surface area contributed by atoms with Gasteiger partial charge < -0.3 is 9.57 Å². The highest BCUT2D eigenvalue weighted by atomic mass is 32.1. The molecule has 30 heavy (non-hydrogen) atoms. The van der Waals surface area contributed by atoms with Crippen molar-refractivity contribution in [1.82, 2.24) is 9.55 Å². The minimum Gasteiger partial charge on any atom is -0.454 e. The predicted octanol–water partition coefficient (Wildman–Crippen LogP) is 3.61. The third kappa shape index (κ3) is 3.88. The smallest absolute Gasteiger partial charge is 0.351 e. The number of hydrogen-bond donors (Lipinski definition) is 0. The molecule has 1 unspecified atom stereocenters. The molecule has 1 aliphatic heterocycles. The molecule has 0 saturated carbocycles. The highest BCUT2D eigenvalue weighted by Crippen LogP contribution is 2.23. The Morgan fingerprint density at radius 3 is 2.90 bits per heavy atom. The summed E-state index contributed by atoms with van der Waals surface area (Å²) in [6, 6.07) is 7.63. The quantitative estimate of drug-likeness (QED) is 0.443. The molecule has 1 aliphatic rings. The molecular formula is C21H18FN3O4S. The van der Waals surface area contributed by atoms with Gasteiger partial charge in [0.05, 0.1) is 5.71 Å². The molecule has 154 valence electrons. The third-order valence-corrected chi connectivity index (χ3v) is 5.53. The van der Waals surface area contributed by atoms with Gasteiger partial charge in [0, 0.05) is 40.5 Å². The monoisotopic (exact) mass is 427 g/mol. The first kappa shape index (κ1) is 20.0. The molecule has 0 aliphatic carbocycles. The summed E-state index contributed by atoms with van der Waals surface area (Å²) in [4.78, 5) is 34.3. The van der Waals surface area contributed by atoms with Gasteiger partial charge in [0.25, 0.3) is 0 Å². The van der Waals surface area contributed by atoms with Crippen molar-refractivity contribution in [3.05, 3.63) is 70.2 Å². The number of carbonyl (C=O) groups is 2. The van der Waals surface area contributed by atoms with Crippen LogP contribution >= 0.6 is 11.3 Å². The summed E-state index contributed by atoms with van der Waals surface area (Å²) >= 11 is 1.47. The number of halogens is 1. The maximum atomic E-state index is 13.4. The lowest BCUT2D eigenvalue weighted by atomic mass is 10.1. The second kappa shape index (κ2) is 8.19. The van der Waals surface area contributed by atoms with E-state index in [4.69, 9.17) is 9.57 Å². The molecule has 0 fully saturated rings. The van der Waals surface area contributed by atoms with E-state index in [1.54, 1.807) is 24.4 Å². The average Bonchev–Trinajstić information content (AvgIpc) is 3.46. The van der Waals surface area contributed by atoms with Crippen LogP contribution in [0.3, 0.4) is 0 Å². The standard InChI is InChI=1S/C21H18FN3O4S/c1-12-8-16(13(2)25(12)21-23-6-7-30-21)18(26)11-28-20(27)19-10-17(24-29-19)14-4-3-5-15(22)9-14/h3-9,19H,10-11H2,1-2H3. The number of ketones is 1. The number of thiazole rings is 1. The van der Waals surface area contributed by atoms with Gasteiger partial charge in [-0.1, -0.05) is 17.3 Å². The SMILES string of the molecule is Cc1cc(C(=O)COC(=O)C2CC(c3cccc(F)c3)=NO2)c(C)n1-c1nccs1. The molecule has 1 aromatic carbocycles.